The van der Waals surface area contributed by atoms with Gasteiger partial charge in [0.15, 0.2) is 0 Å². The minimum absolute atomic E-state index is 0.00278. The smallest absolute Gasteiger partial charge is 0.328 e. The van der Waals surface area contributed by atoms with Gasteiger partial charge in [-0.1, -0.05) is 44.2 Å². The first kappa shape index (κ1) is 12.1. The van der Waals surface area contributed by atoms with E-state index >= 15 is 0 Å². The Morgan fingerprint density at radius 3 is 2.35 bits per heavy atom. The van der Waals surface area contributed by atoms with Crippen LogP contribution in [-0.4, -0.2) is 17.1 Å². The van der Waals surface area contributed by atoms with Crippen molar-refractivity contribution in [2.75, 3.05) is 0 Å². The summed E-state index contributed by atoms with van der Waals surface area (Å²) in [5.74, 6) is -0.784. The van der Waals surface area contributed by atoms with E-state index in [1.807, 2.05) is 44.2 Å². The van der Waals surface area contributed by atoms with Gasteiger partial charge in [-0.25, -0.2) is 4.79 Å². The number of carboxylic acids is 1. The highest BCUT2D eigenvalue weighted by Gasteiger charge is 2.46. The SMILES string of the molecule is CC(C)C(NC1CC1)(C(=O)O)c1ccccc1. The molecule has 1 atom stereocenters. The largest absolute Gasteiger partial charge is 0.480 e. The molecule has 0 aliphatic heterocycles. The molecule has 1 aromatic rings. The highest BCUT2D eigenvalue weighted by molar-refractivity contribution is 5.81. The minimum atomic E-state index is -0.956. The molecule has 0 amide bonds. The van der Waals surface area contributed by atoms with Crippen molar-refractivity contribution in [1.29, 1.82) is 0 Å². The zero-order valence-electron chi connectivity index (χ0n) is 10.3. The van der Waals surface area contributed by atoms with Gasteiger partial charge in [0.2, 0.25) is 0 Å². The fourth-order valence-electron chi connectivity index (χ4n) is 2.27. The molecule has 1 saturated carbocycles. The third-order valence-corrected chi connectivity index (χ3v) is 3.44. The first-order valence-corrected chi connectivity index (χ1v) is 6.14. The fourth-order valence-corrected chi connectivity index (χ4v) is 2.27. The maximum atomic E-state index is 11.8. The Morgan fingerprint density at radius 1 is 1.35 bits per heavy atom. The summed E-state index contributed by atoms with van der Waals surface area (Å²) in [5, 5.41) is 13.0. The fraction of sp³-hybridized carbons (Fsp3) is 0.500. The Kier molecular flexibility index (Phi) is 3.20. The van der Waals surface area contributed by atoms with Gasteiger partial charge in [-0.3, -0.25) is 5.32 Å². The zero-order chi connectivity index (χ0) is 12.5. The summed E-state index contributed by atoms with van der Waals surface area (Å²) in [6, 6.07) is 9.84. The van der Waals surface area contributed by atoms with E-state index < -0.39 is 11.5 Å². The van der Waals surface area contributed by atoms with Crippen molar-refractivity contribution in [3.05, 3.63) is 35.9 Å². The van der Waals surface area contributed by atoms with Gasteiger partial charge in [0.1, 0.15) is 5.54 Å². The molecule has 1 aliphatic carbocycles. The average molecular weight is 233 g/mol. The Morgan fingerprint density at radius 2 is 1.94 bits per heavy atom. The molecule has 0 radical (unpaired) electrons. The van der Waals surface area contributed by atoms with Gasteiger partial charge >= 0.3 is 5.97 Å². The van der Waals surface area contributed by atoms with Gasteiger partial charge in [0.25, 0.3) is 0 Å². The lowest BCUT2D eigenvalue weighted by Crippen LogP contribution is -2.54. The molecule has 0 bridgehead atoms. The molecular formula is C14H19NO2. The van der Waals surface area contributed by atoms with Crippen LogP contribution in [0, 0.1) is 5.92 Å². The Hall–Kier alpha value is -1.35. The van der Waals surface area contributed by atoms with Crippen LogP contribution in [0.25, 0.3) is 0 Å². The molecule has 1 aromatic carbocycles. The number of nitrogens with one attached hydrogen (secondary N) is 1. The summed E-state index contributed by atoms with van der Waals surface area (Å²) in [5.41, 5.74) is -0.114. The van der Waals surface area contributed by atoms with Crippen LogP contribution in [-0.2, 0) is 10.3 Å². The number of aliphatic carboxylic acids is 1. The molecule has 2 rings (SSSR count). The highest BCUT2D eigenvalue weighted by Crippen LogP contribution is 2.34. The molecule has 1 unspecified atom stereocenters. The van der Waals surface area contributed by atoms with E-state index in [2.05, 4.69) is 5.32 Å². The maximum Gasteiger partial charge on any atom is 0.328 e. The summed E-state index contributed by atoms with van der Waals surface area (Å²) in [7, 11) is 0. The number of hydrogen-bond donors (Lipinski definition) is 2. The van der Waals surface area contributed by atoms with Crippen LogP contribution in [0.15, 0.2) is 30.3 Å². The van der Waals surface area contributed by atoms with Gasteiger partial charge in [-0.15, -0.1) is 0 Å². The zero-order valence-corrected chi connectivity index (χ0v) is 10.3. The van der Waals surface area contributed by atoms with Crippen molar-refractivity contribution in [1.82, 2.24) is 5.32 Å². The predicted octanol–water partition coefficient (Wildman–Crippen LogP) is 2.37. The summed E-state index contributed by atoms with van der Waals surface area (Å²) in [4.78, 5) is 11.8. The van der Waals surface area contributed by atoms with Crippen LogP contribution < -0.4 is 5.32 Å². The van der Waals surface area contributed by atoms with Gasteiger partial charge in [0.05, 0.1) is 0 Å². The molecule has 0 heterocycles. The quantitative estimate of drug-likeness (QED) is 0.821. The molecule has 1 fully saturated rings. The van der Waals surface area contributed by atoms with Crippen LogP contribution in [0.5, 0.6) is 0 Å². The topological polar surface area (TPSA) is 49.3 Å². The first-order valence-electron chi connectivity index (χ1n) is 6.14. The van der Waals surface area contributed by atoms with Crippen LogP contribution in [0.2, 0.25) is 0 Å². The second kappa shape index (κ2) is 4.49. The van der Waals surface area contributed by atoms with Crippen molar-refractivity contribution in [2.24, 2.45) is 5.92 Å². The molecule has 1 aliphatic rings. The molecule has 0 aromatic heterocycles. The number of benzene rings is 1. The van der Waals surface area contributed by atoms with E-state index in [-0.39, 0.29) is 5.92 Å². The monoisotopic (exact) mass is 233 g/mol. The second-order valence-corrected chi connectivity index (χ2v) is 5.05. The number of carboxylic acid groups (broad SMARTS) is 1. The predicted molar refractivity (Wildman–Crippen MR) is 66.8 cm³/mol. The maximum absolute atomic E-state index is 11.8. The summed E-state index contributed by atoms with van der Waals surface area (Å²) >= 11 is 0. The average Bonchev–Trinajstić information content (AvgIpc) is 3.10. The van der Waals surface area contributed by atoms with Crippen molar-refractivity contribution in [3.63, 3.8) is 0 Å². The van der Waals surface area contributed by atoms with Crippen LogP contribution in [0.4, 0.5) is 0 Å². The molecule has 0 saturated heterocycles. The van der Waals surface area contributed by atoms with E-state index in [1.165, 1.54) is 0 Å². The number of rotatable bonds is 5. The lowest BCUT2D eigenvalue weighted by molar-refractivity contribution is -0.147. The van der Waals surface area contributed by atoms with Crippen molar-refractivity contribution in [3.8, 4) is 0 Å². The van der Waals surface area contributed by atoms with E-state index in [0.717, 1.165) is 18.4 Å². The lowest BCUT2D eigenvalue weighted by atomic mass is 9.79. The van der Waals surface area contributed by atoms with E-state index in [0.29, 0.717) is 6.04 Å². The van der Waals surface area contributed by atoms with Gasteiger partial charge < -0.3 is 5.11 Å². The summed E-state index contributed by atoms with van der Waals surface area (Å²) in [6.45, 7) is 3.91. The van der Waals surface area contributed by atoms with E-state index in [4.69, 9.17) is 0 Å². The van der Waals surface area contributed by atoms with Gasteiger partial charge in [0, 0.05) is 6.04 Å². The third kappa shape index (κ3) is 2.20. The molecule has 17 heavy (non-hydrogen) atoms. The van der Waals surface area contributed by atoms with Gasteiger partial charge in [-0.05, 0) is 24.3 Å². The molecule has 92 valence electrons. The van der Waals surface area contributed by atoms with E-state index in [1.54, 1.807) is 0 Å². The van der Waals surface area contributed by atoms with Crippen LogP contribution in [0.3, 0.4) is 0 Å². The first-order chi connectivity index (χ1) is 8.07. The Balaban J connectivity index is 2.42. The van der Waals surface area contributed by atoms with Crippen molar-refractivity contribution < 1.29 is 9.90 Å². The van der Waals surface area contributed by atoms with Crippen LogP contribution in [0.1, 0.15) is 32.3 Å². The molecule has 0 spiro atoms. The normalized spacial score (nSPS) is 19.0. The number of hydrogen-bond acceptors (Lipinski definition) is 2. The van der Waals surface area contributed by atoms with Crippen molar-refractivity contribution in [2.45, 2.75) is 38.3 Å². The summed E-state index contributed by atoms with van der Waals surface area (Å²) < 4.78 is 0. The lowest BCUT2D eigenvalue weighted by Gasteiger charge is -2.35. The van der Waals surface area contributed by atoms with Crippen LogP contribution >= 0.6 is 0 Å². The molecule has 3 heteroatoms. The van der Waals surface area contributed by atoms with Crippen molar-refractivity contribution >= 4 is 5.97 Å². The summed E-state index contributed by atoms with van der Waals surface area (Å²) in [6.07, 6.45) is 2.16. The minimum Gasteiger partial charge on any atom is -0.480 e. The highest BCUT2D eigenvalue weighted by atomic mass is 16.4. The third-order valence-electron chi connectivity index (χ3n) is 3.44. The second-order valence-electron chi connectivity index (χ2n) is 5.05. The molecule has 2 N–H and O–H groups in total. The van der Waals surface area contributed by atoms with Gasteiger partial charge in [-0.2, -0.15) is 0 Å². The van der Waals surface area contributed by atoms with E-state index in [9.17, 15) is 9.90 Å². The Bertz CT molecular complexity index is 398. The molecule has 3 nitrogen and oxygen atoms in total. The number of carbonyl (C=O) groups is 1. The Labute approximate surface area is 102 Å². The molecular weight excluding hydrogens is 214 g/mol. The standard InChI is InChI=1S/C14H19NO2/c1-10(2)14(13(16)17,15-12-8-9-12)11-6-4-3-5-7-11/h3-7,10,12,15H,8-9H2,1-2H3,(H,16,17).